The van der Waals surface area contributed by atoms with Crippen LogP contribution in [0.25, 0.3) is 0 Å². The second kappa shape index (κ2) is 51.3. The largest absolute Gasteiger partial charge is 0.394 e. The summed E-state index contributed by atoms with van der Waals surface area (Å²) in [6, 6.07) is -0.954. The molecule has 0 aromatic heterocycles. The summed E-state index contributed by atoms with van der Waals surface area (Å²) < 4.78 is 22.7. The number of aliphatic hydroxyl groups excluding tert-OH is 8. The van der Waals surface area contributed by atoms with E-state index in [-0.39, 0.29) is 18.9 Å². The van der Waals surface area contributed by atoms with Crippen molar-refractivity contribution in [2.45, 2.75) is 254 Å². The van der Waals surface area contributed by atoms with Crippen LogP contribution in [0.2, 0.25) is 0 Å². The van der Waals surface area contributed by atoms with E-state index < -0.39 is 86.8 Å². The SMILES string of the molecule is CC/C=C\C/C=C\C/C=C\C/C=C\C/C=C\C/C=C\C/C=C\C/C=C\C/C=C\CCCCCCCCCC(=O)NC(COC1OC(CO)C(OC2OC(CO)C(O)C(O)C2O)C(O)C1O)C(O)/C=C/CC/C=C/CC/C=C/CCCCC. The number of nitrogens with one attached hydrogen (secondary N) is 1. The first-order chi connectivity index (χ1) is 40.1. The molecule has 464 valence electrons. The minimum absolute atomic E-state index is 0.246. The maximum absolute atomic E-state index is 13.2. The summed E-state index contributed by atoms with van der Waals surface area (Å²) in [5.41, 5.74) is 0. The molecule has 2 saturated heterocycles. The summed E-state index contributed by atoms with van der Waals surface area (Å²) in [6.07, 6.45) is 60.4. The van der Waals surface area contributed by atoms with Gasteiger partial charge in [-0.15, -0.1) is 0 Å². The molecule has 0 saturated carbocycles. The van der Waals surface area contributed by atoms with Crippen LogP contribution in [0.1, 0.15) is 181 Å². The highest BCUT2D eigenvalue weighted by molar-refractivity contribution is 5.76. The molecule has 2 heterocycles. The van der Waals surface area contributed by atoms with Gasteiger partial charge in [-0.2, -0.15) is 0 Å². The number of unbranched alkanes of at least 4 members (excludes halogenated alkanes) is 12. The van der Waals surface area contributed by atoms with E-state index in [0.29, 0.717) is 12.8 Å². The molecule has 2 rings (SSSR count). The van der Waals surface area contributed by atoms with Gasteiger partial charge in [0.2, 0.25) is 5.91 Å². The maximum atomic E-state index is 13.2. The maximum Gasteiger partial charge on any atom is 0.220 e. The highest BCUT2D eigenvalue weighted by Gasteiger charge is 2.51. The fourth-order valence-corrected chi connectivity index (χ4v) is 9.02. The van der Waals surface area contributed by atoms with Gasteiger partial charge < -0.3 is 65.1 Å². The first kappa shape index (κ1) is 74.0. The third-order valence-corrected chi connectivity index (χ3v) is 14.0. The molecule has 0 spiro atoms. The lowest BCUT2D eigenvalue weighted by atomic mass is 9.97. The third-order valence-electron chi connectivity index (χ3n) is 14.0. The number of ether oxygens (including phenoxy) is 4. The normalized spacial score (nSPS) is 25.0. The van der Waals surface area contributed by atoms with E-state index in [9.17, 15) is 45.6 Å². The molecular weight excluding hydrogens is 1040 g/mol. The topological polar surface area (TPSA) is 228 Å². The summed E-state index contributed by atoms with van der Waals surface area (Å²) in [5.74, 6) is -0.273. The predicted octanol–water partition coefficient (Wildman–Crippen LogP) is 11.3. The van der Waals surface area contributed by atoms with E-state index >= 15 is 0 Å². The molecule has 12 atom stereocenters. The van der Waals surface area contributed by atoms with Gasteiger partial charge in [0.05, 0.1) is 32.0 Å². The van der Waals surface area contributed by atoms with Crippen LogP contribution in [0.3, 0.4) is 0 Å². The molecule has 2 aliphatic heterocycles. The van der Waals surface area contributed by atoms with Gasteiger partial charge in [-0.25, -0.2) is 0 Å². The van der Waals surface area contributed by atoms with Gasteiger partial charge in [0.1, 0.15) is 48.8 Å². The quantitative estimate of drug-likeness (QED) is 0.0204. The fourth-order valence-electron chi connectivity index (χ4n) is 9.02. The van der Waals surface area contributed by atoms with Crippen molar-refractivity contribution in [2.24, 2.45) is 0 Å². The molecule has 1 amide bonds. The molecule has 12 unspecified atom stereocenters. The van der Waals surface area contributed by atoms with Crippen molar-refractivity contribution in [3.05, 3.63) is 146 Å². The van der Waals surface area contributed by atoms with Crippen molar-refractivity contribution < 1.29 is 64.6 Å². The van der Waals surface area contributed by atoms with E-state index in [1.54, 1.807) is 6.08 Å². The summed E-state index contributed by atoms with van der Waals surface area (Å²) in [6.45, 7) is 2.58. The van der Waals surface area contributed by atoms with E-state index in [4.69, 9.17) is 18.9 Å². The van der Waals surface area contributed by atoms with E-state index in [1.807, 2.05) is 6.08 Å². The zero-order valence-corrected chi connectivity index (χ0v) is 49.9. The molecule has 14 heteroatoms. The van der Waals surface area contributed by atoms with Crippen molar-refractivity contribution in [1.82, 2.24) is 5.32 Å². The highest BCUT2D eigenvalue weighted by atomic mass is 16.7. The monoisotopic (exact) mass is 1150 g/mol. The van der Waals surface area contributed by atoms with Crippen LogP contribution in [-0.2, 0) is 23.7 Å². The number of aliphatic hydroxyl groups is 8. The average molecular weight is 1150 g/mol. The zero-order chi connectivity index (χ0) is 59.5. The van der Waals surface area contributed by atoms with Crippen molar-refractivity contribution >= 4 is 5.91 Å². The van der Waals surface area contributed by atoms with Crippen molar-refractivity contribution in [3.8, 4) is 0 Å². The second-order valence-electron chi connectivity index (χ2n) is 21.1. The van der Waals surface area contributed by atoms with Crippen LogP contribution in [0, 0.1) is 0 Å². The van der Waals surface area contributed by atoms with Crippen LogP contribution in [0.15, 0.2) is 146 Å². The van der Waals surface area contributed by atoms with Gasteiger partial charge in [-0.1, -0.05) is 205 Å². The van der Waals surface area contributed by atoms with Crippen LogP contribution in [-0.4, -0.2) is 140 Å². The summed E-state index contributed by atoms with van der Waals surface area (Å²) >= 11 is 0. The number of amides is 1. The van der Waals surface area contributed by atoms with E-state index in [0.717, 1.165) is 128 Å². The van der Waals surface area contributed by atoms with Gasteiger partial charge >= 0.3 is 0 Å². The van der Waals surface area contributed by atoms with Gasteiger partial charge in [0.25, 0.3) is 0 Å². The van der Waals surface area contributed by atoms with Crippen molar-refractivity contribution in [3.63, 3.8) is 0 Å². The molecular formula is C68H109NO13. The Hall–Kier alpha value is -4.13. The first-order valence-electron chi connectivity index (χ1n) is 31.1. The number of rotatable bonds is 47. The summed E-state index contributed by atoms with van der Waals surface area (Å²) in [7, 11) is 0. The smallest absolute Gasteiger partial charge is 0.220 e. The standard InChI is InChI=1S/C68H109NO13/c1-3-5-7-9-11-13-15-17-18-19-20-21-22-23-24-25-26-27-28-29-30-31-32-33-34-35-36-37-38-40-42-44-46-48-50-52-60(73)69-56(57(72)51-49-47-45-43-41-39-16-14-12-10-8-6-4-2)55-79-67-65(78)63(76)66(59(54-71)81-67)82-68-64(77)62(75)61(74)58(53-70)80-68/h5,7,11-14,17-18,20-21,23-24,26-27,29-30,32-33,35-36,41,43,49,51,56-59,61-68,70-72,74-78H,3-4,6,8-10,15-16,19,22,25,28,31,34,37-40,42,44-48,50,52-55H2,1-2H3,(H,69,73)/b7-5-,13-11-,14-12+,18-17-,21-20-,24-23-,27-26-,30-29-,33-32-,36-35-,43-41+,51-49+. The van der Waals surface area contributed by atoms with Gasteiger partial charge in [-0.05, 0) is 116 Å². The second-order valence-corrected chi connectivity index (χ2v) is 21.1. The van der Waals surface area contributed by atoms with Crippen LogP contribution in [0.5, 0.6) is 0 Å². The Morgan fingerprint density at radius 1 is 0.451 bits per heavy atom. The minimum atomic E-state index is -1.80. The van der Waals surface area contributed by atoms with E-state index in [2.05, 4.69) is 153 Å². The third kappa shape index (κ3) is 35.9. The van der Waals surface area contributed by atoms with E-state index in [1.165, 1.54) is 19.3 Å². The number of carbonyl (C=O) groups excluding carboxylic acids is 1. The van der Waals surface area contributed by atoms with Crippen molar-refractivity contribution in [1.29, 1.82) is 0 Å². The highest BCUT2D eigenvalue weighted by Crippen LogP contribution is 2.30. The van der Waals surface area contributed by atoms with Gasteiger partial charge in [0.15, 0.2) is 12.6 Å². The van der Waals surface area contributed by atoms with Crippen LogP contribution in [0.4, 0.5) is 0 Å². The number of carbonyl (C=O) groups is 1. The molecule has 0 radical (unpaired) electrons. The summed E-state index contributed by atoms with van der Waals surface area (Å²) in [4.78, 5) is 13.2. The summed E-state index contributed by atoms with van der Waals surface area (Å²) in [5, 5.41) is 87.0. The minimum Gasteiger partial charge on any atom is -0.394 e. The molecule has 0 bridgehead atoms. The lowest BCUT2D eigenvalue weighted by molar-refractivity contribution is -0.359. The van der Waals surface area contributed by atoms with Crippen LogP contribution < -0.4 is 5.32 Å². The Bertz CT molecular complexity index is 1930. The Morgan fingerprint density at radius 3 is 1.34 bits per heavy atom. The predicted molar refractivity (Wildman–Crippen MR) is 331 cm³/mol. The molecule has 82 heavy (non-hydrogen) atoms. The molecule has 9 N–H and O–H groups in total. The fraction of sp³-hybridized carbons (Fsp3) is 0.632. The Balaban J connectivity index is 1.69. The first-order valence-corrected chi connectivity index (χ1v) is 31.1. The Kier molecular flexibility index (Phi) is 46.3. The zero-order valence-electron chi connectivity index (χ0n) is 49.9. The number of hydrogen-bond acceptors (Lipinski definition) is 13. The average Bonchev–Trinajstić information content (AvgIpc) is 3.56. The van der Waals surface area contributed by atoms with Crippen molar-refractivity contribution in [2.75, 3.05) is 19.8 Å². The van der Waals surface area contributed by atoms with Gasteiger partial charge in [-0.3, -0.25) is 4.79 Å². The molecule has 2 fully saturated rings. The molecule has 0 aliphatic carbocycles. The molecule has 2 aliphatic rings. The molecule has 0 aromatic rings. The van der Waals surface area contributed by atoms with Gasteiger partial charge in [0, 0.05) is 6.42 Å². The molecule has 14 nitrogen and oxygen atoms in total. The lowest BCUT2D eigenvalue weighted by Gasteiger charge is -2.46. The Morgan fingerprint density at radius 2 is 0.854 bits per heavy atom. The van der Waals surface area contributed by atoms with Crippen LogP contribution >= 0.6 is 0 Å². The molecule has 0 aromatic carbocycles. The lowest BCUT2D eigenvalue weighted by Crippen LogP contribution is -2.65. The Labute approximate surface area is 493 Å². The number of hydrogen-bond donors (Lipinski definition) is 9. The number of allylic oxidation sites excluding steroid dienone is 23.